The van der Waals surface area contributed by atoms with Crippen LogP contribution in [0.25, 0.3) is 0 Å². The number of aliphatic carboxylic acids is 1. The zero-order chi connectivity index (χ0) is 13.1. The number of thiazole rings is 1. The standard InChI is InChI=1S/C8H7F3N2O3S/c9-8(10,11)7-13-4(3-17-7)6(16)12-2-1-5(14)15/h3H,1-2H2,(H,12,16)(H,14,15). The van der Waals surface area contributed by atoms with E-state index in [0.29, 0.717) is 11.3 Å². The van der Waals surface area contributed by atoms with Crippen molar-refractivity contribution in [1.29, 1.82) is 0 Å². The minimum absolute atomic E-state index is 0.160. The number of carbonyl (C=O) groups excluding carboxylic acids is 1. The van der Waals surface area contributed by atoms with Gasteiger partial charge in [0.05, 0.1) is 6.42 Å². The van der Waals surface area contributed by atoms with Crippen molar-refractivity contribution in [2.45, 2.75) is 12.6 Å². The Labute approximate surface area is 97.3 Å². The van der Waals surface area contributed by atoms with Gasteiger partial charge in [0.2, 0.25) is 0 Å². The number of carboxylic acids is 1. The number of carbonyl (C=O) groups is 2. The van der Waals surface area contributed by atoms with E-state index in [2.05, 4.69) is 10.3 Å². The lowest BCUT2D eigenvalue weighted by molar-refractivity contribution is -0.138. The number of rotatable bonds is 4. The topological polar surface area (TPSA) is 79.3 Å². The first-order valence-electron chi connectivity index (χ1n) is 4.33. The maximum atomic E-state index is 12.2. The van der Waals surface area contributed by atoms with Crippen LogP contribution in [0, 0.1) is 0 Å². The Kier molecular flexibility index (Phi) is 4.05. The largest absolute Gasteiger partial charge is 0.481 e. The number of hydrogen-bond acceptors (Lipinski definition) is 4. The minimum atomic E-state index is -4.58. The monoisotopic (exact) mass is 268 g/mol. The molecular formula is C8H7F3N2O3S. The summed E-state index contributed by atoms with van der Waals surface area (Å²) >= 11 is 0.311. The zero-order valence-corrected chi connectivity index (χ0v) is 9.06. The van der Waals surface area contributed by atoms with Crippen LogP contribution in [-0.2, 0) is 11.0 Å². The summed E-state index contributed by atoms with van der Waals surface area (Å²) in [5.74, 6) is -1.93. The van der Waals surface area contributed by atoms with Crippen molar-refractivity contribution in [3.63, 3.8) is 0 Å². The maximum absolute atomic E-state index is 12.2. The maximum Gasteiger partial charge on any atom is 0.443 e. The molecule has 1 amide bonds. The predicted molar refractivity (Wildman–Crippen MR) is 51.7 cm³/mol. The molecule has 17 heavy (non-hydrogen) atoms. The highest BCUT2D eigenvalue weighted by molar-refractivity contribution is 7.09. The molecule has 0 aliphatic carbocycles. The molecule has 0 unspecified atom stereocenters. The zero-order valence-electron chi connectivity index (χ0n) is 8.24. The molecule has 0 radical (unpaired) electrons. The van der Waals surface area contributed by atoms with Gasteiger partial charge >= 0.3 is 12.1 Å². The number of nitrogens with one attached hydrogen (secondary N) is 1. The van der Waals surface area contributed by atoms with Crippen molar-refractivity contribution in [2.24, 2.45) is 0 Å². The number of hydrogen-bond donors (Lipinski definition) is 2. The number of alkyl halides is 3. The van der Waals surface area contributed by atoms with E-state index in [4.69, 9.17) is 5.11 Å². The molecule has 0 aliphatic heterocycles. The lowest BCUT2D eigenvalue weighted by Crippen LogP contribution is -2.26. The van der Waals surface area contributed by atoms with Crippen LogP contribution in [0.3, 0.4) is 0 Å². The third-order valence-electron chi connectivity index (χ3n) is 1.60. The highest BCUT2D eigenvalue weighted by atomic mass is 32.1. The van der Waals surface area contributed by atoms with Crippen molar-refractivity contribution >= 4 is 23.2 Å². The number of halogens is 3. The normalized spacial score (nSPS) is 11.2. The summed E-state index contributed by atoms with van der Waals surface area (Å²) in [4.78, 5) is 24.5. The fourth-order valence-corrected chi connectivity index (χ4v) is 1.55. The molecule has 0 aromatic carbocycles. The Morgan fingerprint density at radius 3 is 2.59 bits per heavy atom. The second-order valence-electron chi connectivity index (χ2n) is 2.94. The van der Waals surface area contributed by atoms with E-state index in [-0.39, 0.29) is 18.7 Å². The highest BCUT2D eigenvalue weighted by Gasteiger charge is 2.35. The molecule has 0 atom stereocenters. The second kappa shape index (κ2) is 5.13. The van der Waals surface area contributed by atoms with Crippen molar-refractivity contribution in [1.82, 2.24) is 10.3 Å². The highest BCUT2D eigenvalue weighted by Crippen LogP contribution is 2.31. The van der Waals surface area contributed by atoms with Gasteiger partial charge in [-0.05, 0) is 0 Å². The summed E-state index contributed by atoms with van der Waals surface area (Å²) < 4.78 is 36.5. The van der Waals surface area contributed by atoms with Crippen LogP contribution in [0.5, 0.6) is 0 Å². The Hall–Kier alpha value is -1.64. The smallest absolute Gasteiger partial charge is 0.443 e. The molecule has 2 N–H and O–H groups in total. The van der Waals surface area contributed by atoms with Crippen molar-refractivity contribution in [3.8, 4) is 0 Å². The molecule has 1 rings (SSSR count). The Morgan fingerprint density at radius 1 is 1.47 bits per heavy atom. The van der Waals surface area contributed by atoms with Crippen LogP contribution >= 0.6 is 11.3 Å². The summed E-state index contributed by atoms with van der Waals surface area (Å²) in [6.07, 6.45) is -4.88. The SMILES string of the molecule is O=C(O)CCNC(=O)c1csc(C(F)(F)F)n1. The summed E-state index contributed by atoms with van der Waals surface area (Å²) in [6.45, 7) is -0.160. The fourth-order valence-electron chi connectivity index (χ4n) is 0.882. The molecule has 0 aliphatic rings. The molecule has 0 spiro atoms. The van der Waals surface area contributed by atoms with E-state index in [0.717, 1.165) is 5.38 Å². The van der Waals surface area contributed by atoms with Crippen LogP contribution < -0.4 is 5.32 Å². The minimum Gasteiger partial charge on any atom is -0.481 e. The first-order valence-corrected chi connectivity index (χ1v) is 5.21. The summed E-state index contributed by atoms with van der Waals surface area (Å²) in [6, 6.07) is 0. The van der Waals surface area contributed by atoms with Crippen molar-refractivity contribution in [3.05, 3.63) is 16.1 Å². The van der Waals surface area contributed by atoms with Crippen molar-refractivity contribution < 1.29 is 27.9 Å². The van der Waals surface area contributed by atoms with Crippen LogP contribution in [0.4, 0.5) is 13.2 Å². The van der Waals surface area contributed by atoms with E-state index >= 15 is 0 Å². The third-order valence-corrected chi connectivity index (χ3v) is 2.49. The number of amides is 1. The van der Waals surface area contributed by atoms with E-state index in [1.807, 2.05) is 0 Å². The summed E-state index contributed by atoms with van der Waals surface area (Å²) in [7, 11) is 0. The molecule has 0 bridgehead atoms. The first-order chi connectivity index (χ1) is 7.80. The Bertz CT molecular complexity index is 430. The third kappa shape index (κ3) is 4.02. The van der Waals surface area contributed by atoms with E-state index in [1.54, 1.807) is 0 Å². The van der Waals surface area contributed by atoms with Gasteiger partial charge in [0.25, 0.3) is 5.91 Å². The molecule has 1 heterocycles. The van der Waals surface area contributed by atoms with Gasteiger partial charge in [-0.1, -0.05) is 0 Å². The van der Waals surface area contributed by atoms with Gasteiger partial charge < -0.3 is 10.4 Å². The number of nitrogens with zero attached hydrogens (tertiary/aromatic N) is 1. The molecule has 94 valence electrons. The average molecular weight is 268 g/mol. The number of carboxylic acid groups (broad SMARTS) is 1. The van der Waals surface area contributed by atoms with Gasteiger partial charge in [0, 0.05) is 11.9 Å². The molecule has 1 aromatic rings. The van der Waals surface area contributed by atoms with E-state index in [9.17, 15) is 22.8 Å². The Morgan fingerprint density at radius 2 is 2.12 bits per heavy atom. The van der Waals surface area contributed by atoms with E-state index in [1.165, 1.54) is 0 Å². The molecule has 0 saturated carbocycles. The van der Waals surface area contributed by atoms with Crippen LogP contribution in [0.1, 0.15) is 21.9 Å². The van der Waals surface area contributed by atoms with Gasteiger partial charge in [-0.15, -0.1) is 11.3 Å². The lowest BCUT2D eigenvalue weighted by Gasteiger charge is -2.01. The summed E-state index contributed by atoms with van der Waals surface area (Å²) in [5.41, 5.74) is -0.368. The van der Waals surface area contributed by atoms with Crippen LogP contribution in [0.2, 0.25) is 0 Å². The predicted octanol–water partition coefficient (Wildman–Crippen LogP) is 1.37. The quantitative estimate of drug-likeness (QED) is 0.864. The molecule has 5 nitrogen and oxygen atoms in total. The lowest BCUT2D eigenvalue weighted by atomic mass is 10.4. The fraction of sp³-hybridized carbons (Fsp3) is 0.375. The van der Waals surface area contributed by atoms with Gasteiger partial charge in [0.1, 0.15) is 5.69 Å². The van der Waals surface area contributed by atoms with Gasteiger partial charge in [-0.2, -0.15) is 13.2 Å². The average Bonchev–Trinajstić information content (AvgIpc) is 2.64. The molecular weight excluding hydrogens is 261 g/mol. The second-order valence-corrected chi connectivity index (χ2v) is 3.79. The van der Waals surface area contributed by atoms with Crippen LogP contribution in [0.15, 0.2) is 5.38 Å². The molecule has 0 saturated heterocycles. The van der Waals surface area contributed by atoms with Gasteiger partial charge in [-0.25, -0.2) is 4.98 Å². The van der Waals surface area contributed by atoms with E-state index < -0.39 is 23.1 Å². The van der Waals surface area contributed by atoms with Gasteiger partial charge in [-0.3, -0.25) is 9.59 Å². The van der Waals surface area contributed by atoms with Crippen LogP contribution in [-0.4, -0.2) is 28.5 Å². The molecule has 1 aromatic heterocycles. The van der Waals surface area contributed by atoms with Crippen molar-refractivity contribution in [2.75, 3.05) is 6.54 Å². The number of aromatic nitrogens is 1. The Balaban J connectivity index is 2.58. The molecule has 9 heteroatoms. The summed E-state index contributed by atoms with van der Waals surface area (Å²) in [5, 5.41) is 10.3. The first kappa shape index (κ1) is 13.4. The molecule has 0 fully saturated rings. The van der Waals surface area contributed by atoms with Gasteiger partial charge in [0.15, 0.2) is 5.01 Å².